The normalized spacial score (nSPS) is 13.7. The van der Waals surface area contributed by atoms with E-state index >= 15 is 0 Å². The van der Waals surface area contributed by atoms with Crippen molar-refractivity contribution in [2.45, 2.75) is 19.3 Å². The van der Waals surface area contributed by atoms with Gasteiger partial charge in [-0.3, -0.25) is 4.79 Å². The summed E-state index contributed by atoms with van der Waals surface area (Å²) in [4.78, 5) is 17.6. The zero-order valence-corrected chi connectivity index (χ0v) is 12.9. The van der Waals surface area contributed by atoms with E-state index in [1.54, 1.807) is 11.3 Å². The molecule has 0 aromatic carbocycles. The highest BCUT2D eigenvalue weighted by Crippen LogP contribution is 2.43. The number of pyridine rings is 1. The Kier molecular flexibility index (Phi) is 2.77. The van der Waals surface area contributed by atoms with Crippen LogP contribution < -0.4 is 16.5 Å². The lowest BCUT2D eigenvalue weighted by atomic mass is 10.0. The van der Waals surface area contributed by atoms with Gasteiger partial charge >= 0.3 is 0 Å². The molecule has 106 valence electrons. The lowest BCUT2D eigenvalue weighted by Gasteiger charge is -2.05. The number of nitrogens with one attached hydrogen (secondary N) is 1. The van der Waals surface area contributed by atoms with Gasteiger partial charge in [-0.15, -0.1) is 11.3 Å². The maximum absolute atomic E-state index is 11.6. The summed E-state index contributed by atoms with van der Waals surface area (Å²) in [6.07, 6.45) is 3.26. The van der Waals surface area contributed by atoms with Gasteiger partial charge in [0.05, 0.1) is 11.1 Å². The van der Waals surface area contributed by atoms with Crippen molar-refractivity contribution in [2.75, 3.05) is 5.73 Å². The summed E-state index contributed by atoms with van der Waals surface area (Å²) in [5.41, 5.74) is 16.0. The number of rotatable bonds is 2. The SMILES string of the molecule is NC(=O)c1sc2[nH+]c3c(c(-c4cccs4)c2c1N)CCC3. The van der Waals surface area contributed by atoms with Gasteiger partial charge in [-0.25, -0.2) is 0 Å². The summed E-state index contributed by atoms with van der Waals surface area (Å²) < 4.78 is 0. The fraction of sp³-hybridized carbons (Fsp3) is 0.200. The number of thiophene rings is 2. The van der Waals surface area contributed by atoms with Crippen molar-refractivity contribution >= 4 is 44.5 Å². The van der Waals surface area contributed by atoms with E-state index in [1.165, 1.54) is 33.0 Å². The standard InChI is InChI=1S/C15H13N3OS2/c16-12-11-10(9-5-2-6-20-9)7-3-1-4-8(7)18-15(11)21-13(12)14(17)19/h2,5-6H,1,3-4,16H2,(H2,17,19)/p+1. The minimum atomic E-state index is -0.459. The molecule has 4 nitrogen and oxygen atoms in total. The number of aromatic amines is 1. The molecule has 0 saturated carbocycles. The van der Waals surface area contributed by atoms with Crippen molar-refractivity contribution in [3.63, 3.8) is 0 Å². The van der Waals surface area contributed by atoms with E-state index in [-0.39, 0.29) is 0 Å². The summed E-state index contributed by atoms with van der Waals surface area (Å²) in [6.45, 7) is 0. The topological polar surface area (TPSA) is 83.2 Å². The molecule has 1 aliphatic rings. The number of hydrogen-bond acceptors (Lipinski definition) is 4. The van der Waals surface area contributed by atoms with Crippen molar-refractivity contribution in [1.29, 1.82) is 0 Å². The third-order valence-electron chi connectivity index (χ3n) is 3.97. The van der Waals surface area contributed by atoms with Crippen LogP contribution in [0.1, 0.15) is 27.3 Å². The first kappa shape index (κ1) is 12.8. The molecular formula is C15H14N3OS2+. The minimum Gasteiger partial charge on any atom is -0.397 e. The van der Waals surface area contributed by atoms with Crippen molar-refractivity contribution in [2.24, 2.45) is 5.73 Å². The average Bonchev–Trinajstić information content (AvgIpc) is 3.16. The predicted molar refractivity (Wildman–Crippen MR) is 86.6 cm³/mol. The molecule has 0 spiro atoms. The molecule has 0 fully saturated rings. The van der Waals surface area contributed by atoms with Crippen LogP contribution in [0.3, 0.4) is 0 Å². The summed E-state index contributed by atoms with van der Waals surface area (Å²) >= 11 is 3.06. The summed E-state index contributed by atoms with van der Waals surface area (Å²) in [7, 11) is 0. The number of nitrogens with two attached hydrogens (primary N) is 2. The molecule has 3 aromatic heterocycles. The zero-order chi connectivity index (χ0) is 14.6. The van der Waals surface area contributed by atoms with E-state index in [9.17, 15) is 4.79 Å². The third kappa shape index (κ3) is 1.79. The van der Waals surface area contributed by atoms with Gasteiger partial charge in [-0.2, -0.15) is 4.98 Å². The molecule has 3 aromatic rings. The lowest BCUT2D eigenvalue weighted by molar-refractivity contribution is -0.353. The number of H-pyrrole nitrogens is 1. The number of primary amides is 1. The van der Waals surface area contributed by atoms with Gasteiger partial charge in [0.1, 0.15) is 4.88 Å². The molecule has 5 N–H and O–H groups in total. The highest BCUT2D eigenvalue weighted by atomic mass is 32.1. The summed E-state index contributed by atoms with van der Waals surface area (Å²) in [5.74, 6) is -0.459. The zero-order valence-electron chi connectivity index (χ0n) is 11.2. The third-order valence-corrected chi connectivity index (χ3v) is 5.99. The number of nitrogen functional groups attached to an aromatic ring is 1. The van der Waals surface area contributed by atoms with E-state index in [2.05, 4.69) is 16.4 Å². The van der Waals surface area contributed by atoms with Gasteiger partial charge in [0.25, 0.3) is 10.7 Å². The Morgan fingerprint density at radius 2 is 2.19 bits per heavy atom. The first-order valence-electron chi connectivity index (χ1n) is 6.79. The monoisotopic (exact) mass is 316 g/mol. The Bertz CT molecular complexity index is 865. The Morgan fingerprint density at radius 1 is 1.33 bits per heavy atom. The van der Waals surface area contributed by atoms with Crippen molar-refractivity contribution in [1.82, 2.24) is 0 Å². The fourth-order valence-electron chi connectivity index (χ4n) is 3.10. The highest BCUT2D eigenvalue weighted by Gasteiger charge is 2.30. The minimum absolute atomic E-state index is 0.447. The smallest absolute Gasteiger partial charge is 0.270 e. The first-order valence-corrected chi connectivity index (χ1v) is 8.49. The molecule has 0 radical (unpaired) electrons. The van der Waals surface area contributed by atoms with Gasteiger partial charge in [0.15, 0.2) is 5.69 Å². The molecule has 1 amide bonds. The maximum Gasteiger partial charge on any atom is 0.270 e. The predicted octanol–water partition coefficient (Wildman–Crippen LogP) is 2.61. The molecular weight excluding hydrogens is 302 g/mol. The largest absolute Gasteiger partial charge is 0.397 e. The van der Waals surface area contributed by atoms with Crippen LogP contribution in [0.15, 0.2) is 17.5 Å². The van der Waals surface area contributed by atoms with Crippen LogP contribution >= 0.6 is 22.7 Å². The Morgan fingerprint density at radius 3 is 2.90 bits per heavy atom. The molecule has 1 aliphatic carbocycles. The Hall–Kier alpha value is -1.92. The summed E-state index contributed by atoms with van der Waals surface area (Å²) in [6, 6.07) is 4.15. The second-order valence-electron chi connectivity index (χ2n) is 5.20. The van der Waals surface area contributed by atoms with E-state index in [1.807, 2.05) is 6.07 Å². The van der Waals surface area contributed by atoms with Crippen LogP contribution in [0.5, 0.6) is 0 Å². The molecule has 6 heteroatoms. The van der Waals surface area contributed by atoms with Gasteiger partial charge in [-0.1, -0.05) is 17.4 Å². The lowest BCUT2D eigenvalue weighted by Crippen LogP contribution is -2.11. The molecule has 4 rings (SSSR count). The van der Waals surface area contributed by atoms with E-state index in [0.717, 1.165) is 29.5 Å². The number of fused-ring (bicyclic) bond motifs is 2. The van der Waals surface area contributed by atoms with Crippen LogP contribution in [-0.4, -0.2) is 5.91 Å². The second kappa shape index (κ2) is 4.54. The van der Waals surface area contributed by atoms with Gasteiger partial charge in [-0.05, 0) is 24.3 Å². The van der Waals surface area contributed by atoms with E-state index in [4.69, 9.17) is 11.5 Å². The average molecular weight is 316 g/mol. The number of carbonyl (C=O) groups excluding carboxylic acids is 1. The molecule has 0 unspecified atom stereocenters. The highest BCUT2D eigenvalue weighted by molar-refractivity contribution is 7.21. The van der Waals surface area contributed by atoms with Crippen molar-refractivity contribution in [3.05, 3.63) is 33.6 Å². The molecule has 3 heterocycles. The number of aromatic nitrogens is 1. The quantitative estimate of drug-likeness (QED) is 0.761. The van der Waals surface area contributed by atoms with Gasteiger partial charge in [0.2, 0.25) is 0 Å². The number of amides is 1. The molecule has 0 saturated heterocycles. The Labute approximate surface area is 129 Å². The molecule has 21 heavy (non-hydrogen) atoms. The first-order chi connectivity index (χ1) is 10.2. The van der Waals surface area contributed by atoms with Gasteiger partial charge < -0.3 is 11.5 Å². The number of anilines is 1. The van der Waals surface area contributed by atoms with Crippen LogP contribution in [0.2, 0.25) is 0 Å². The molecule has 0 aliphatic heterocycles. The molecule has 0 atom stereocenters. The maximum atomic E-state index is 11.6. The van der Waals surface area contributed by atoms with Crippen molar-refractivity contribution < 1.29 is 9.78 Å². The van der Waals surface area contributed by atoms with Gasteiger partial charge in [0, 0.05) is 22.4 Å². The van der Waals surface area contributed by atoms with E-state index < -0.39 is 5.91 Å². The Balaban J connectivity index is 2.15. The van der Waals surface area contributed by atoms with E-state index in [0.29, 0.717) is 10.6 Å². The fourth-order valence-corrected chi connectivity index (χ4v) is 4.91. The van der Waals surface area contributed by atoms with Crippen LogP contribution in [0.4, 0.5) is 5.69 Å². The second-order valence-corrected chi connectivity index (χ2v) is 7.17. The van der Waals surface area contributed by atoms with Crippen LogP contribution in [0, 0.1) is 0 Å². The number of hydrogen-bond donors (Lipinski definition) is 2. The van der Waals surface area contributed by atoms with Crippen LogP contribution in [0.25, 0.3) is 20.7 Å². The number of carbonyl (C=O) groups is 1. The summed E-state index contributed by atoms with van der Waals surface area (Å²) in [5, 5.41) is 3.02. The van der Waals surface area contributed by atoms with Crippen LogP contribution in [-0.2, 0) is 12.8 Å². The molecule has 0 bridgehead atoms. The number of aryl methyl sites for hydroxylation is 1. The van der Waals surface area contributed by atoms with Crippen molar-refractivity contribution in [3.8, 4) is 10.4 Å².